The highest BCUT2D eigenvalue weighted by molar-refractivity contribution is 7.89. The molecule has 26 heavy (non-hydrogen) atoms. The van der Waals surface area contributed by atoms with Crippen LogP contribution in [0.25, 0.3) is 10.6 Å². The molecule has 2 N–H and O–H groups in total. The van der Waals surface area contributed by atoms with Gasteiger partial charge in [0.05, 0.1) is 16.2 Å². The monoisotopic (exact) mass is 389 g/mol. The van der Waals surface area contributed by atoms with Crippen LogP contribution in [0, 0.1) is 0 Å². The molecule has 0 aliphatic rings. The minimum Gasteiger partial charge on any atom is -0.478 e. The van der Waals surface area contributed by atoms with Crippen molar-refractivity contribution in [2.24, 2.45) is 0 Å². The predicted octanol–water partition coefficient (Wildman–Crippen LogP) is 2.42. The van der Waals surface area contributed by atoms with Crippen molar-refractivity contribution in [2.45, 2.75) is 11.3 Å². The van der Waals surface area contributed by atoms with E-state index in [2.05, 4.69) is 14.7 Å². The van der Waals surface area contributed by atoms with Crippen LogP contribution in [0.15, 0.2) is 59.1 Å². The molecule has 2 heterocycles. The van der Waals surface area contributed by atoms with Crippen LogP contribution in [0.1, 0.15) is 16.1 Å². The molecule has 134 valence electrons. The van der Waals surface area contributed by atoms with Crippen molar-refractivity contribution in [3.8, 4) is 10.6 Å². The molecule has 0 atom stereocenters. The summed E-state index contributed by atoms with van der Waals surface area (Å²) in [4.78, 5) is 19.4. The number of thiazole rings is 1. The quantitative estimate of drug-likeness (QED) is 0.642. The molecule has 7 nitrogen and oxygen atoms in total. The third kappa shape index (κ3) is 4.31. The maximum absolute atomic E-state index is 12.3. The number of carboxylic acids is 1. The molecule has 0 radical (unpaired) electrons. The van der Waals surface area contributed by atoms with Crippen LogP contribution in [-0.2, 0) is 16.4 Å². The zero-order valence-corrected chi connectivity index (χ0v) is 15.1. The van der Waals surface area contributed by atoms with Crippen molar-refractivity contribution in [3.63, 3.8) is 0 Å². The van der Waals surface area contributed by atoms with Gasteiger partial charge in [0.25, 0.3) is 0 Å². The SMILES string of the molecule is O=C(O)c1cccc(S(=O)(=O)NCCc2csc(-c3cccnc3)n2)c1. The van der Waals surface area contributed by atoms with E-state index in [1.54, 1.807) is 12.4 Å². The van der Waals surface area contributed by atoms with Gasteiger partial charge in [-0.25, -0.2) is 22.9 Å². The van der Waals surface area contributed by atoms with Crippen molar-refractivity contribution < 1.29 is 18.3 Å². The number of sulfonamides is 1. The average Bonchev–Trinajstić information content (AvgIpc) is 3.11. The molecule has 0 saturated carbocycles. The summed E-state index contributed by atoms with van der Waals surface area (Å²) in [6, 6.07) is 8.98. The second-order valence-electron chi connectivity index (χ2n) is 5.37. The molecule has 3 aromatic rings. The van der Waals surface area contributed by atoms with E-state index in [0.717, 1.165) is 22.3 Å². The third-order valence-electron chi connectivity index (χ3n) is 3.52. The number of hydrogen-bond acceptors (Lipinski definition) is 6. The molecule has 0 unspecified atom stereocenters. The summed E-state index contributed by atoms with van der Waals surface area (Å²) in [5, 5.41) is 11.7. The van der Waals surface area contributed by atoms with E-state index in [1.807, 2.05) is 17.5 Å². The number of nitrogens with zero attached hydrogens (tertiary/aromatic N) is 2. The lowest BCUT2D eigenvalue weighted by Crippen LogP contribution is -2.26. The first-order valence-corrected chi connectivity index (χ1v) is 10.00. The Balaban J connectivity index is 1.63. The second-order valence-corrected chi connectivity index (χ2v) is 7.99. The van der Waals surface area contributed by atoms with Gasteiger partial charge in [0.2, 0.25) is 10.0 Å². The lowest BCUT2D eigenvalue weighted by molar-refractivity contribution is 0.0696. The number of carbonyl (C=O) groups is 1. The van der Waals surface area contributed by atoms with E-state index >= 15 is 0 Å². The largest absolute Gasteiger partial charge is 0.478 e. The first kappa shape index (κ1) is 18.2. The Morgan fingerprint density at radius 2 is 2.08 bits per heavy atom. The van der Waals surface area contributed by atoms with Crippen molar-refractivity contribution in [2.75, 3.05) is 6.54 Å². The van der Waals surface area contributed by atoms with Crippen molar-refractivity contribution >= 4 is 27.3 Å². The molecule has 1 aromatic carbocycles. The van der Waals surface area contributed by atoms with E-state index in [0.29, 0.717) is 6.42 Å². The number of carboxylic acid groups (broad SMARTS) is 1. The van der Waals surface area contributed by atoms with Gasteiger partial charge in [-0.05, 0) is 30.3 Å². The van der Waals surface area contributed by atoms with Crippen molar-refractivity contribution in [3.05, 3.63) is 65.4 Å². The summed E-state index contributed by atoms with van der Waals surface area (Å²) >= 11 is 1.47. The Morgan fingerprint density at radius 3 is 2.81 bits per heavy atom. The van der Waals surface area contributed by atoms with E-state index in [1.165, 1.54) is 29.5 Å². The molecular weight excluding hydrogens is 374 g/mol. The Kier molecular flexibility index (Phi) is 5.40. The zero-order chi connectivity index (χ0) is 18.6. The van der Waals surface area contributed by atoms with Crippen molar-refractivity contribution in [1.29, 1.82) is 0 Å². The summed E-state index contributed by atoms with van der Waals surface area (Å²) in [6.45, 7) is 0.163. The summed E-state index contributed by atoms with van der Waals surface area (Å²) in [7, 11) is -3.78. The molecule has 0 spiro atoms. The van der Waals surface area contributed by atoms with Crippen LogP contribution < -0.4 is 4.72 Å². The van der Waals surface area contributed by atoms with Crippen LogP contribution in [-0.4, -0.2) is 36.0 Å². The van der Waals surface area contributed by atoms with Crippen LogP contribution in [0.2, 0.25) is 0 Å². The Bertz CT molecular complexity index is 1020. The maximum atomic E-state index is 12.3. The highest BCUT2D eigenvalue weighted by Crippen LogP contribution is 2.22. The number of pyridine rings is 1. The maximum Gasteiger partial charge on any atom is 0.335 e. The van der Waals surface area contributed by atoms with Crippen LogP contribution >= 0.6 is 11.3 Å². The van der Waals surface area contributed by atoms with Gasteiger partial charge in [0.1, 0.15) is 5.01 Å². The fourth-order valence-electron chi connectivity index (χ4n) is 2.24. The van der Waals surface area contributed by atoms with E-state index < -0.39 is 16.0 Å². The summed E-state index contributed by atoms with van der Waals surface area (Å²) < 4.78 is 27.1. The summed E-state index contributed by atoms with van der Waals surface area (Å²) in [6.07, 6.45) is 3.83. The summed E-state index contributed by atoms with van der Waals surface area (Å²) in [5.74, 6) is -1.17. The average molecular weight is 389 g/mol. The number of aromatic carboxylic acids is 1. The molecule has 0 bridgehead atoms. The highest BCUT2D eigenvalue weighted by Gasteiger charge is 2.16. The second kappa shape index (κ2) is 7.73. The molecule has 9 heteroatoms. The predicted molar refractivity (Wildman–Crippen MR) is 97.6 cm³/mol. The first-order chi connectivity index (χ1) is 12.5. The van der Waals surface area contributed by atoms with E-state index in [-0.39, 0.29) is 17.0 Å². The summed E-state index contributed by atoms with van der Waals surface area (Å²) in [5.41, 5.74) is 1.61. The molecule has 0 saturated heterocycles. The highest BCUT2D eigenvalue weighted by atomic mass is 32.2. The Labute approximate surface area is 154 Å². The number of hydrogen-bond donors (Lipinski definition) is 2. The molecule has 0 amide bonds. The molecule has 2 aromatic heterocycles. The normalized spacial score (nSPS) is 11.4. The number of rotatable bonds is 7. The number of aromatic nitrogens is 2. The lowest BCUT2D eigenvalue weighted by Gasteiger charge is -2.06. The van der Waals surface area contributed by atoms with Gasteiger partial charge in [-0.1, -0.05) is 6.07 Å². The van der Waals surface area contributed by atoms with Gasteiger partial charge in [-0.2, -0.15) is 0 Å². The van der Waals surface area contributed by atoms with E-state index in [9.17, 15) is 13.2 Å². The third-order valence-corrected chi connectivity index (χ3v) is 5.92. The Morgan fingerprint density at radius 1 is 1.23 bits per heavy atom. The van der Waals surface area contributed by atoms with Gasteiger partial charge in [-0.3, -0.25) is 4.98 Å². The molecular formula is C17H15N3O4S2. The zero-order valence-electron chi connectivity index (χ0n) is 13.5. The topological polar surface area (TPSA) is 109 Å². The van der Waals surface area contributed by atoms with Crippen LogP contribution in [0.3, 0.4) is 0 Å². The van der Waals surface area contributed by atoms with Crippen LogP contribution in [0.4, 0.5) is 0 Å². The number of benzene rings is 1. The fraction of sp³-hybridized carbons (Fsp3) is 0.118. The molecule has 3 rings (SSSR count). The van der Waals surface area contributed by atoms with Crippen molar-refractivity contribution in [1.82, 2.24) is 14.7 Å². The van der Waals surface area contributed by atoms with Gasteiger partial charge >= 0.3 is 5.97 Å². The first-order valence-electron chi connectivity index (χ1n) is 7.63. The molecule has 0 aliphatic carbocycles. The van der Waals surface area contributed by atoms with Crippen LogP contribution in [0.5, 0.6) is 0 Å². The standard InChI is InChI=1S/C17H15N3O4S2/c21-17(22)12-3-1-5-15(9-12)26(23,24)19-8-6-14-11-25-16(20-14)13-4-2-7-18-10-13/h1-5,7,9-11,19H,6,8H2,(H,21,22). The minimum atomic E-state index is -3.78. The van der Waals surface area contributed by atoms with Gasteiger partial charge in [0.15, 0.2) is 0 Å². The van der Waals surface area contributed by atoms with Gasteiger partial charge in [-0.15, -0.1) is 11.3 Å². The van der Waals surface area contributed by atoms with Gasteiger partial charge in [0, 0.05) is 36.3 Å². The smallest absolute Gasteiger partial charge is 0.335 e. The van der Waals surface area contributed by atoms with E-state index in [4.69, 9.17) is 5.11 Å². The molecule has 0 fully saturated rings. The molecule has 0 aliphatic heterocycles. The van der Waals surface area contributed by atoms with Gasteiger partial charge < -0.3 is 5.11 Å². The fourth-order valence-corrected chi connectivity index (χ4v) is 4.16. The lowest BCUT2D eigenvalue weighted by atomic mass is 10.2. The Hall–Kier alpha value is -2.62. The minimum absolute atomic E-state index is 0.0755. The number of nitrogens with one attached hydrogen (secondary N) is 1.